The van der Waals surface area contributed by atoms with Gasteiger partial charge < -0.3 is 4.74 Å². The van der Waals surface area contributed by atoms with Gasteiger partial charge in [0.05, 0.1) is 12.3 Å². The van der Waals surface area contributed by atoms with Crippen molar-refractivity contribution in [3.05, 3.63) is 16.4 Å². The van der Waals surface area contributed by atoms with Crippen molar-refractivity contribution in [1.82, 2.24) is 9.78 Å². The Kier molecular flexibility index (Phi) is 5.12. The van der Waals surface area contributed by atoms with Gasteiger partial charge in [0.15, 0.2) is 0 Å². The van der Waals surface area contributed by atoms with E-state index in [1.165, 1.54) is 12.8 Å². The molecule has 0 atom stereocenters. The second-order valence-corrected chi connectivity index (χ2v) is 4.10. The molecule has 0 aliphatic heterocycles. The molecular formula is C11H19ClN2O. The van der Waals surface area contributed by atoms with E-state index in [1.807, 2.05) is 14.0 Å². The van der Waals surface area contributed by atoms with Crippen LogP contribution in [0.2, 0.25) is 5.15 Å². The molecule has 0 aromatic carbocycles. The molecule has 3 nitrogen and oxygen atoms in total. The fourth-order valence-corrected chi connectivity index (χ4v) is 1.70. The maximum atomic E-state index is 6.07. The van der Waals surface area contributed by atoms with Gasteiger partial charge in [-0.05, 0) is 13.3 Å². The van der Waals surface area contributed by atoms with Crippen molar-refractivity contribution in [3.8, 4) is 0 Å². The second kappa shape index (κ2) is 6.13. The van der Waals surface area contributed by atoms with E-state index < -0.39 is 0 Å². The molecule has 1 aromatic heterocycles. The van der Waals surface area contributed by atoms with Crippen LogP contribution in [0.5, 0.6) is 0 Å². The van der Waals surface area contributed by atoms with Crippen molar-refractivity contribution >= 4 is 11.6 Å². The van der Waals surface area contributed by atoms with Crippen LogP contribution in [0.1, 0.15) is 37.4 Å². The van der Waals surface area contributed by atoms with Crippen LogP contribution in [0.4, 0.5) is 0 Å². The maximum absolute atomic E-state index is 6.07. The third-order valence-electron chi connectivity index (χ3n) is 2.41. The van der Waals surface area contributed by atoms with Crippen LogP contribution in [0.25, 0.3) is 0 Å². The lowest BCUT2D eigenvalue weighted by atomic mass is 10.2. The van der Waals surface area contributed by atoms with Gasteiger partial charge >= 0.3 is 0 Å². The quantitative estimate of drug-likeness (QED) is 0.703. The van der Waals surface area contributed by atoms with Crippen LogP contribution in [-0.2, 0) is 18.4 Å². The summed E-state index contributed by atoms with van der Waals surface area (Å²) < 4.78 is 7.24. The Hall–Kier alpha value is -0.540. The Balaban J connectivity index is 2.37. The van der Waals surface area contributed by atoms with Crippen molar-refractivity contribution in [1.29, 1.82) is 0 Å². The van der Waals surface area contributed by atoms with Gasteiger partial charge in [0.2, 0.25) is 0 Å². The standard InChI is InChI=1S/C11H19ClN2O/c1-4-5-6-7-15-8-10-9(2)13-14(3)11(10)12/h4-8H2,1-3H3. The molecule has 0 amide bonds. The summed E-state index contributed by atoms with van der Waals surface area (Å²) in [6, 6.07) is 0. The highest BCUT2D eigenvalue weighted by molar-refractivity contribution is 6.30. The molecule has 0 aliphatic carbocycles. The Labute approximate surface area is 96.4 Å². The summed E-state index contributed by atoms with van der Waals surface area (Å²) in [5.41, 5.74) is 1.97. The van der Waals surface area contributed by atoms with E-state index in [0.717, 1.165) is 24.3 Å². The number of unbranched alkanes of at least 4 members (excludes halogenated alkanes) is 2. The van der Waals surface area contributed by atoms with Crippen LogP contribution in [0, 0.1) is 6.92 Å². The van der Waals surface area contributed by atoms with Crippen LogP contribution in [0.15, 0.2) is 0 Å². The van der Waals surface area contributed by atoms with Gasteiger partial charge in [0, 0.05) is 19.2 Å². The van der Waals surface area contributed by atoms with E-state index in [-0.39, 0.29) is 0 Å². The molecule has 0 bridgehead atoms. The number of nitrogens with zero attached hydrogens (tertiary/aromatic N) is 2. The Morgan fingerprint density at radius 3 is 2.67 bits per heavy atom. The molecule has 0 saturated carbocycles. The molecule has 0 radical (unpaired) electrons. The third kappa shape index (κ3) is 3.50. The highest BCUT2D eigenvalue weighted by atomic mass is 35.5. The van der Waals surface area contributed by atoms with Crippen LogP contribution >= 0.6 is 11.6 Å². The number of hydrogen-bond acceptors (Lipinski definition) is 2. The SMILES string of the molecule is CCCCCOCc1c(C)nn(C)c1Cl. The van der Waals surface area contributed by atoms with Crippen LogP contribution in [0.3, 0.4) is 0 Å². The minimum Gasteiger partial charge on any atom is -0.377 e. The minimum absolute atomic E-state index is 0.572. The predicted molar refractivity (Wildman–Crippen MR) is 62.1 cm³/mol. The molecule has 15 heavy (non-hydrogen) atoms. The topological polar surface area (TPSA) is 27.1 Å². The fourth-order valence-electron chi connectivity index (χ4n) is 1.47. The van der Waals surface area contributed by atoms with Gasteiger partial charge in [-0.2, -0.15) is 5.10 Å². The molecule has 0 fully saturated rings. The summed E-state index contributed by atoms with van der Waals surface area (Å²) in [6.07, 6.45) is 3.56. The maximum Gasteiger partial charge on any atom is 0.132 e. The lowest BCUT2D eigenvalue weighted by molar-refractivity contribution is 0.116. The summed E-state index contributed by atoms with van der Waals surface area (Å²) in [5, 5.41) is 4.91. The van der Waals surface area contributed by atoms with Crippen molar-refractivity contribution in [2.24, 2.45) is 7.05 Å². The van der Waals surface area contributed by atoms with E-state index in [9.17, 15) is 0 Å². The fraction of sp³-hybridized carbons (Fsp3) is 0.727. The second-order valence-electron chi connectivity index (χ2n) is 3.74. The molecule has 1 aromatic rings. The molecule has 1 heterocycles. The van der Waals surface area contributed by atoms with E-state index >= 15 is 0 Å². The summed E-state index contributed by atoms with van der Waals surface area (Å²) >= 11 is 6.07. The Morgan fingerprint density at radius 1 is 1.40 bits per heavy atom. The number of aromatic nitrogens is 2. The first kappa shape index (κ1) is 12.5. The largest absolute Gasteiger partial charge is 0.377 e. The lowest BCUT2D eigenvalue weighted by Gasteiger charge is -2.03. The number of aryl methyl sites for hydroxylation is 2. The van der Waals surface area contributed by atoms with Gasteiger partial charge in [-0.1, -0.05) is 31.4 Å². The monoisotopic (exact) mass is 230 g/mol. The Morgan fingerprint density at radius 2 is 2.13 bits per heavy atom. The zero-order valence-corrected chi connectivity index (χ0v) is 10.5. The molecule has 0 unspecified atom stereocenters. The smallest absolute Gasteiger partial charge is 0.132 e. The van der Waals surface area contributed by atoms with Gasteiger partial charge in [-0.25, -0.2) is 0 Å². The van der Waals surface area contributed by atoms with E-state index in [2.05, 4.69) is 12.0 Å². The zero-order valence-electron chi connectivity index (χ0n) is 9.72. The van der Waals surface area contributed by atoms with Crippen LogP contribution < -0.4 is 0 Å². The first-order chi connectivity index (χ1) is 7.16. The average Bonchev–Trinajstić information content (AvgIpc) is 2.44. The predicted octanol–water partition coefficient (Wildman–Crippen LogP) is 3.09. The highest BCUT2D eigenvalue weighted by Crippen LogP contribution is 2.19. The van der Waals surface area contributed by atoms with E-state index in [4.69, 9.17) is 16.3 Å². The number of ether oxygens (including phenoxy) is 1. The average molecular weight is 231 g/mol. The molecular weight excluding hydrogens is 212 g/mol. The van der Waals surface area contributed by atoms with Gasteiger partial charge in [-0.15, -0.1) is 0 Å². The number of hydrogen-bond donors (Lipinski definition) is 0. The van der Waals surface area contributed by atoms with E-state index in [1.54, 1.807) is 4.68 Å². The third-order valence-corrected chi connectivity index (χ3v) is 2.88. The Bertz CT molecular complexity index is 310. The summed E-state index contributed by atoms with van der Waals surface area (Å²) in [7, 11) is 1.84. The first-order valence-corrected chi connectivity index (χ1v) is 5.80. The summed E-state index contributed by atoms with van der Waals surface area (Å²) in [6.45, 7) is 5.51. The minimum atomic E-state index is 0.572. The highest BCUT2D eigenvalue weighted by Gasteiger charge is 2.10. The molecule has 0 aliphatic rings. The summed E-state index contributed by atoms with van der Waals surface area (Å²) in [5.74, 6) is 0. The lowest BCUT2D eigenvalue weighted by Crippen LogP contribution is -1.96. The molecule has 1 rings (SSSR count). The number of rotatable bonds is 6. The summed E-state index contributed by atoms with van der Waals surface area (Å²) in [4.78, 5) is 0. The van der Waals surface area contributed by atoms with Crippen LogP contribution in [-0.4, -0.2) is 16.4 Å². The number of halogens is 1. The van der Waals surface area contributed by atoms with Crippen molar-refractivity contribution in [3.63, 3.8) is 0 Å². The van der Waals surface area contributed by atoms with Gasteiger partial charge in [0.1, 0.15) is 5.15 Å². The van der Waals surface area contributed by atoms with Gasteiger partial charge in [0.25, 0.3) is 0 Å². The molecule has 86 valence electrons. The molecule has 4 heteroatoms. The molecule has 0 spiro atoms. The van der Waals surface area contributed by atoms with Crippen molar-refractivity contribution < 1.29 is 4.74 Å². The van der Waals surface area contributed by atoms with E-state index in [0.29, 0.717) is 11.8 Å². The van der Waals surface area contributed by atoms with Crippen molar-refractivity contribution in [2.75, 3.05) is 6.61 Å². The van der Waals surface area contributed by atoms with Gasteiger partial charge in [-0.3, -0.25) is 4.68 Å². The zero-order chi connectivity index (χ0) is 11.3. The molecule has 0 saturated heterocycles. The molecule has 0 N–H and O–H groups in total. The normalized spacial score (nSPS) is 10.9. The first-order valence-electron chi connectivity index (χ1n) is 5.42. The van der Waals surface area contributed by atoms with Crippen molar-refractivity contribution in [2.45, 2.75) is 39.7 Å².